The molecule has 0 saturated heterocycles. The van der Waals surface area contributed by atoms with Crippen molar-refractivity contribution < 1.29 is 9.53 Å². The van der Waals surface area contributed by atoms with Crippen molar-refractivity contribution in [2.75, 3.05) is 12.9 Å². The van der Waals surface area contributed by atoms with E-state index < -0.39 is 0 Å². The summed E-state index contributed by atoms with van der Waals surface area (Å²) in [6, 6.07) is 9.69. The zero-order valence-electron chi connectivity index (χ0n) is 9.91. The van der Waals surface area contributed by atoms with Gasteiger partial charge < -0.3 is 4.74 Å². The minimum absolute atomic E-state index is 0.203. The predicted molar refractivity (Wildman–Crippen MR) is 74.0 cm³/mol. The number of esters is 1. The number of rotatable bonds is 5. The van der Waals surface area contributed by atoms with E-state index in [1.165, 1.54) is 7.11 Å². The summed E-state index contributed by atoms with van der Waals surface area (Å²) in [6.45, 7) is 0. The maximum Gasteiger partial charge on any atom is 0.313 e. The fourth-order valence-electron chi connectivity index (χ4n) is 1.56. The van der Waals surface area contributed by atoms with Gasteiger partial charge >= 0.3 is 5.97 Å². The molecule has 5 heteroatoms. The minimum atomic E-state index is -0.245. The number of carbonyl (C=O) groups is 1. The zero-order valence-corrected chi connectivity index (χ0v) is 11.5. The summed E-state index contributed by atoms with van der Waals surface area (Å²) in [5.41, 5.74) is 0.980. The third kappa shape index (κ3) is 3.34. The number of hydrogen-bond acceptors (Lipinski definition) is 5. The van der Waals surface area contributed by atoms with Crippen molar-refractivity contribution in [3.05, 3.63) is 47.5 Å². The molecule has 0 aliphatic rings. The van der Waals surface area contributed by atoms with E-state index in [-0.39, 0.29) is 11.9 Å². The number of thioether (sulfide) groups is 1. The summed E-state index contributed by atoms with van der Waals surface area (Å²) < 4.78 is 5.84. The Morgan fingerprint density at radius 3 is 2.83 bits per heavy atom. The summed E-state index contributed by atoms with van der Waals surface area (Å²) in [7, 11) is 1.42. The molecule has 1 aromatic heterocycles. The van der Waals surface area contributed by atoms with Gasteiger partial charge in [0.2, 0.25) is 0 Å². The molecule has 2 aromatic rings. The van der Waals surface area contributed by atoms with Crippen molar-refractivity contribution in [3.8, 4) is 0 Å². The van der Waals surface area contributed by atoms with E-state index in [0.29, 0.717) is 5.75 Å². The molecule has 0 spiro atoms. The van der Waals surface area contributed by atoms with Gasteiger partial charge in [-0.25, -0.2) is 4.98 Å². The molecular weight excluding hydrogens is 266 g/mol. The van der Waals surface area contributed by atoms with Crippen LogP contribution in [0.5, 0.6) is 0 Å². The molecule has 94 valence electrons. The first kappa shape index (κ1) is 13.1. The lowest BCUT2D eigenvalue weighted by molar-refractivity contribution is -0.141. The highest BCUT2D eigenvalue weighted by Gasteiger charge is 2.21. The Balaban J connectivity index is 2.09. The molecule has 0 fully saturated rings. The summed E-state index contributed by atoms with van der Waals surface area (Å²) in [5, 5.41) is 1.93. The van der Waals surface area contributed by atoms with Crippen molar-refractivity contribution in [1.82, 2.24) is 4.98 Å². The molecule has 0 N–H and O–H groups in total. The highest BCUT2D eigenvalue weighted by molar-refractivity contribution is 8.01. The Hall–Kier alpha value is -1.33. The maximum absolute atomic E-state index is 11.8. The van der Waals surface area contributed by atoms with Gasteiger partial charge in [0.25, 0.3) is 0 Å². The van der Waals surface area contributed by atoms with Crippen LogP contribution in [0.4, 0.5) is 0 Å². The van der Waals surface area contributed by atoms with Gasteiger partial charge in [-0.05, 0) is 5.56 Å². The Morgan fingerprint density at radius 2 is 2.22 bits per heavy atom. The number of carbonyl (C=O) groups excluding carboxylic acids is 1. The summed E-state index contributed by atoms with van der Waals surface area (Å²) in [4.78, 5) is 16.0. The molecule has 18 heavy (non-hydrogen) atoms. The third-order valence-electron chi connectivity index (χ3n) is 2.47. The predicted octanol–water partition coefficient (Wildman–Crippen LogP) is 3.19. The lowest BCUT2D eigenvalue weighted by atomic mass is 10.0. The van der Waals surface area contributed by atoms with Crippen LogP contribution in [0.2, 0.25) is 0 Å². The molecule has 1 heterocycles. The Bertz CT molecular complexity index is 485. The van der Waals surface area contributed by atoms with Gasteiger partial charge in [-0.3, -0.25) is 4.79 Å². The van der Waals surface area contributed by atoms with E-state index in [1.54, 1.807) is 29.3 Å². The molecule has 0 amide bonds. The average Bonchev–Trinajstić information content (AvgIpc) is 2.93. The number of hydrogen-bond donors (Lipinski definition) is 0. The van der Waals surface area contributed by atoms with E-state index >= 15 is 0 Å². The SMILES string of the molecule is COC(=O)C(CSc1nccs1)c1ccccc1. The number of nitrogens with zero attached hydrogens (tertiary/aromatic N) is 1. The van der Waals surface area contributed by atoms with E-state index in [9.17, 15) is 4.79 Å². The second-order valence-corrected chi connectivity index (χ2v) is 5.76. The van der Waals surface area contributed by atoms with Crippen LogP contribution in [0, 0.1) is 0 Å². The molecule has 0 bridgehead atoms. The van der Waals surface area contributed by atoms with Crippen molar-refractivity contribution in [2.45, 2.75) is 10.3 Å². The second-order valence-electron chi connectivity index (χ2n) is 3.60. The maximum atomic E-state index is 11.8. The van der Waals surface area contributed by atoms with Crippen LogP contribution < -0.4 is 0 Å². The third-order valence-corrected chi connectivity index (χ3v) is 4.53. The Morgan fingerprint density at radius 1 is 1.44 bits per heavy atom. The molecule has 0 aliphatic carbocycles. The van der Waals surface area contributed by atoms with Crippen LogP contribution in [0.3, 0.4) is 0 Å². The van der Waals surface area contributed by atoms with Crippen molar-refractivity contribution in [2.24, 2.45) is 0 Å². The van der Waals surface area contributed by atoms with Gasteiger partial charge in [0.05, 0.1) is 13.0 Å². The lowest BCUT2D eigenvalue weighted by Gasteiger charge is -2.13. The van der Waals surface area contributed by atoms with Crippen molar-refractivity contribution >= 4 is 29.1 Å². The van der Waals surface area contributed by atoms with E-state index in [0.717, 1.165) is 9.90 Å². The van der Waals surface area contributed by atoms with E-state index in [1.807, 2.05) is 35.7 Å². The van der Waals surface area contributed by atoms with Gasteiger partial charge in [-0.2, -0.15) is 0 Å². The Kier molecular flexibility index (Phi) is 4.78. The normalized spacial score (nSPS) is 12.1. The fourth-order valence-corrected chi connectivity index (χ4v) is 3.34. The first-order valence-corrected chi connectivity index (χ1v) is 7.33. The average molecular weight is 279 g/mol. The molecule has 0 aliphatic heterocycles. The van der Waals surface area contributed by atoms with Gasteiger partial charge in [-0.1, -0.05) is 42.1 Å². The fraction of sp³-hybridized carbons (Fsp3) is 0.231. The largest absolute Gasteiger partial charge is 0.469 e. The van der Waals surface area contributed by atoms with Crippen LogP contribution >= 0.6 is 23.1 Å². The molecule has 3 nitrogen and oxygen atoms in total. The first-order valence-electron chi connectivity index (χ1n) is 5.46. The standard InChI is InChI=1S/C13H13NO2S2/c1-16-12(15)11(10-5-3-2-4-6-10)9-18-13-14-7-8-17-13/h2-8,11H,9H2,1H3. The zero-order chi connectivity index (χ0) is 12.8. The van der Waals surface area contributed by atoms with Gasteiger partial charge in [0, 0.05) is 17.3 Å². The Labute approximate surface area is 114 Å². The highest BCUT2D eigenvalue weighted by atomic mass is 32.2. The first-order chi connectivity index (χ1) is 8.81. The quantitative estimate of drug-likeness (QED) is 0.622. The van der Waals surface area contributed by atoms with Crippen LogP contribution in [0.15, 0.2) is 46.2 Å². The number of benzene rings is 1. The molecule has 0 radical (unpaired) electrons. The summed E-state index contributed by atoms with van der Waals surface area (Å²) >= 11 is 3.16. The molecule has 1 atom stereocenters. The van der Waals surface area contributed by atoms with Crippen LogP contribution in [0.1, 0.15) is 11.5 Å². The van der Waals surface area contributed by atoms with E-state index in [2.05, 4.69) is 4.98 Å². The molecular formula is C13H13NO2S2. The number of methoxy groups -OCH3 is 1. The lowest BCUT2D eigenvalue weighted by Crippen LogP contribution is -2.16. The number of thiazole rings is 1. The van der Waals surface area contributed by atoms with Gasteiger partial charge in [0.15, 0.2) is 0 Å². The monoisotopic (exact) mass is 279 g/mol. The van der Waals surface area contributed by atoms with Crippen LogP contribution in [-0.4, -0.2) is 23.8 Å². The van der Waals surface area contributed by atoms with Gasteiger partial charge in [-0.15, -0.1) is 11.3 Å². The summed E-state index contributed by atoms with van der Waals surface area (Å²) in [5.74, 6) is 0.194. The van der Waals surface area contributed by atoms with Crippen molar-refractivity contribution in [3.63, 3.8) is 0 Å². The molecule has 2 rings (SSSR count). The van der Waals surface area contributed by atoms with Crippen LogP contribution in [-0.2, 0) is 9.53 Å². The number of aromatic nitrogens is 1. The minimum Gasteiger partial charge on any atom is -0.469 e. The highest BCUT2D eigenvalue weighted by Crippen LogP contribution is 2.28. The van der Waals surface area contributed by atoms with Crippen LogP contribution in [0.25, 0.3) is 0 Å². The topological polar surface area (TPSA) is 39.2 Å². The summed E-state index contributed by atoms with van der Waals surface area (Å²) in [6.07, 6.45) is 1.77. The smallest absolute Gasteiger partial charge is 0.313 e. The molecule has 1 aromatic carbocycles. The molecule has 1 unspecified atom stereocenters. The van der Waals surface area contributed by atoms with E-state index in [4.69, 9.17) is 4.74 Å². The second kappa shape index (κ2) is 6.56. The molecule has 0 saturated carbocycles. The van der Waals surface area contributed by atoms with Gasteiger partial charge in [0.1, 0.15) is 4.34 Å². The van der Waals surface area contributed by atoms with Crippen molar-refractivity contribution in [1.29, 1.82) is 0 Å². The number of ether oxygens (including phenoxy) is 1.